The summed E-state index contributed by atoms with van der Waals surface area (Å²) in [4.78, 5) is 10.4. The van der Waals surface area contributed by atoms with Crippen LogP contribution in [0.3, 0.4) is 0 Å². The van der Waals surface area contributed by atoms with Gasteiger partial charge in [0.25, 0.3) is 5.92 Å². The van der Waals surface area contributed by atoms with E-state index in [1.54, 1.807) is 6.07 Å². The highest BCUT2D eigenvalue weighted by Crippen LogP contribution is 2.26. The first-order valence-electron chi connectivity index (χ1n) is 5.19. The lowest BCUT2D eigenvalue weighted by Gasteiger charge is -2.12. The van der Waals surface area contributed by atoms with E-state index in [4.69, 9.17) is 10.4 Å². The minimum absolute atomic E-state index is 0.119. The molecule has 1 amide bonds. The van der Waals surface area contributed by atoms with Crippen LogP contribution < -0.4 is 5.32 Å². The van der Waals surface area contributed by atoms with Gasteiger partial charge in [0.2, 0.25) is 0 Å². The quantitative estimate of drug-likeness (QED) is 0.867. The topological polar surface area (TPSA) is 73.1 Å². The molecule has 0 heterocycles. The van der Waals surface area contributed by atoms with Gasteiger partial charge in [0.15, 0.2) is 0 Å². The molecule has 0 saturated carbocycles. The first-order valence-corrected chi connectivity index (χ1v) is 5.19. The number of nitrogens with zero attached hydrogens (tertiary/aromatic N) is 1. The number of rotatable bonds is 4. The standard InChI is InChI=1S/C12H12F2N2O2/c1-12(13,14)9-4-2-8(3-5-9)6-10(7-15)16-11(17)18/h2-5,10,16H,6H2,1H3,(H,17,18)/t10-/m0/s1. The number of alkyl halides is 2. The summed E-state index contributed by atoms with van der Waals surface area (Å²) in [6.07, 6.45) is -1.16. The normalized spacial score (nSPS) is 12.6. The Labute approximate surface area is 103 Å². The van der Waals surface area contributed by atoms with Crippen molar-refractivity contribution in [3.63, 3.8) is 0 Å². The molecule has 4 nitrogen and oxygen atoms in total. The highest BCUT2D eigenvalue weighted by atomic mass is 19.3. The zero-order chi connectivity index (χ0) is 13.8. The minimum atomic E-state index is -2.91. The summed E-state index contributed by atoms with van der Waals surface area (Å²) in [6, 6.07) is 6.35. The third kappa shape index (κ3) is 4.01. The van der Waals surface area contributed by atoms with E-state index in [2.05, 4.69) is 0 Å². The highest BCUT2D eigenvalue weighted by molar-refractivity contribution is 5.65. The van der Waals surface area contributed by atoms with Crippen molar-refractivity contribution in [2.45, 2.75) is 25.3 Å². The molecule has 0 fully saturated rings. The zero-order valence-electron chi connectivity index (χ0n) is 9.65. The van der Waals surface area contributed by atoms with Gasteiger partial charge < -0.3 is 10.4 Å². The molecule has 0 unspecified atom stereocenters. The number of carboxylic acid groups (broad SMARTS) is 1. The van der Waals surface area contributed by atoms with E-state index in [0.717, 1.165) is 6.92 Å². The Bertz CT molecular complexity index is 460. The maximum Gasteiger partial charge on any atom is 0.405 e. The van der Waals surface area contributed by atoms with Gasteiger partial charge in [-0.3, -0.25) is 0 Å². The lowest BCUT2D eigenvalue weighted by molar-refractivity contribution is 0.0174. The molecular formula is C12H12F2N2O2. The van der Waals surface area contributed by atoms with E-state index in [0.29, 0.717) is 5.56 Å². The van der Waals surface area contributed by atoms with E-state index in [9.17, 15) is 13.6 Å². The van der Waals surface area contributed by atoms with Gasteiger partial charge in [0, 0.05) is 18.9 Å². The Morgan fingerprint density at radius 2 is 2.06 bits per heavy atom. The summed E-state index contributed by atoms with van der Waals surface area (Å²) in [5.41, 5.74) is 0.495. The lowest BCUT2D eigenvalue weighted by Crippen LogP contribution is -2.34. The van der Waals surface area contributed by atoms with Gasteiger partial charge in [0.05, 0.1) is 6.07 Å². The summed E-state index contributed by atoms with van der Waals surface area (Å²) >= 11 is 0. The number of amides is 1. The van der Waals surface area contributed by atoms with Gasteiger partial charge >= 0.3 is 6.09 Å². The van der Waals surface area contributed by atoms with E-state index in [1.807, 2.05) is 5.32 Å². The molecule has 2 N–H and O–H groups in total. The number of nitriles is 1. The summed E-state index contributed by atoms with van der Waals surface area (Å²) in [5, 5.41) is 19.2. The summed E-state index contributed by atoms with van der Waals surface area (Å²) in [6.45, 7) is 0.798. The number of carbonyl (C=O) groups is 1. The van der Waals surface area contributed by atoms with Gasteiger partial charge in [0.1, 0.15) is 6.04 Å². The van der Waals surface area contributed by atoms with Crippen LogP contribution >= 0.6 is 0 Å². The molecule has 0 aliphatic heterocycles. The molecule has 96 valence electrons. The Hall–Kier alpha value is -2.16. The molecule has 1 atom stereocenters. The van der Waals surface area contributed by atoms with Gasteiger partial charge in [-0.2, -0.15) is 5.26 Å². The van der Waals surface area contributed by atoms with Crippen LogP contribution in [0.5, 0.6) is 0 Å². The Kier molecular flexibility index (Phi) is 4.21. The van der Waals surface area contributed by atoms with E-state index >= 15 is 0 Å². The molecule has 0 aliphatic rings. The predicted octanol–water partition coefficient (Wildman–Crippen LogP) is 2.50. The molecule has 0 radical (unpaired) electrons. The number of hydrogen-bond acceptors (Lipinski definition) is 2. The third-order valence-electron chi connectivity index (χ3n) is 2.35. The van der Waals surface area contributed by atoms with Crippen molar-refractivity contribution in [3.8, 4) is 6.07 Å². The first-order chi connectivity index (χ1) is 8.32. The van der Waals surface area contributed by atoms with Crippen molar-refractivity contribution in [3.05, 3.63) is 35.4 Å². The molecule has 0 spiro atoms. The average molecular weight is 254 g/mol. The van der Waals surface area contributed by atoms with Crippen molar-refractivity contribution < 1.29 is 18.7 Å². The second kappa shape index (κ2) is 5.45. The lowest BCUT2D eigenvalue weighted by atomic mass is 10.0. The van der Waals surface area contributed by atoms with Crippen LogP contribution in [0.2, 0.25) is 0 Å². The smallest absolute Gasteiger partial charge is 0.405 e. The van der Waals surface area contributed by atoms with Crippen LogP contribution in [-0.4, -0.2) is 17.2 Å². The van der Waals surface area contributed by atoms with Gasteiger partial charge in [-0.05, 0) is 5.56 Å². The molecular weight excluding hydrogens is 242 g/mol. The molecule has 0 bridgehead atoms. The summed E-state index contributed by atoms with van der Waals surface area (Å²) in [7, 11) is 0. The van der Waals surface area contributed by atoms with Crippen LogP contribution in [0.1, 0.15) is 18.1 Å². The first kappa shape index (κ1) is 13.9. The fourth-order valence-electron chi connectivity index (χ4n) is 1.45. The van der Waals surface area contributed by atoms with Crippen molar-refractivity contribution in [1.29, 1.82) is 5.26 Å². The van der Waals surface area contributed by atoms with Crippen LogP contribution in [0.4, 0.5) is 13.6 Å². The minimum Gasteiger partial charge on any atom is -0.465 e. The second-order valence-corrected chi connectivity index (χ2v) is 3.92. The van der Waals surface area contributed by atoms with E-state index in [1.165, 1.54) is 24.3 Å². The maximum atomic E-state index is 12.9. The predicted molar refractivity (Wildman–Crippen MR) is 60.3 cm³/mol. The molecule has 1 aromatic rings. The third-order valence-corrected chi connectivity index (χ3v) is 2.35. The van der Waals surface area contributed by atoms with Crippen molar-refractivity contribution in [2.24, 2.45) is 0 Å². The Balaban J connectivity index is 2.75. The number of nitrogens with one attached hydrogen (secondary N) is 1. The van der Waals surface area contributed by atoms with Crippen LogP contribution in [0, 0.1) is 11.3 Å². The van der Waals surface area contributed by atoms with Crippen molar-refractivity contribution >= 4 is 6.09 Å². The molecule has 0 saturated heterocycles. The summed E-state index contributed by atoms with van der Waals surface area (Å²) in [5.74, 6) is -2.91. The Morgan fingerprint density at radius 3 is 2.44 bits per heavy atom. The number of halogens is 2. The van der Waals surface area contributed by atoms with Crippen molar-refractivity contribution in [1.82, 2.24) is 5.32 Å². The molecule has 0 aliphatic carbocycles. The number of benzene rings is 1. The fourth-order valence-corrected chi connectivity index (χ4v) is 1.45. The maximum absolute atomic E-state index is 12.9. The van der Waals surface area contributed by atoms with Crippen LogP contribution in [0.15, 0.2) is 24.3 Å². The van der Waals surface area contributed by atoms with Gasteiger partial charge in [-0.15, -0.1) is 0 Å². The molecule has 6 heteroatoms. The summed E-state index contributed by atoms with van der Waals surface area (Å²) < 4.78 is 25.9. The van der Waals surface area contributed by atoms with Crippen molar-refractivity contribution in [2.75, 3.05) is 0 Å². The average Bonchev–Trinajstić information content (AvgIpc) is 2.27. The molecule has 1 rings (SSSR count). The number of hydrogen-bond donors (Lipinski definition) is 2. The van der Waals surface area contributed by atoms with E-state index in [-0.39, 0.29) is 12.0 Å². The largest absolute Gasteiger partial charge is 0.465 e. The highest BCUT2D eigenvalue weighted by Gasteiger charge is 2.23. The van der Waals surface area contributed by atoms with Gasteiger partial charge in [-0.25, -0.2) is 13.6 Å². The van der Waals surface area contributed by atoms with Gasteiger partial charge in [-0.1, -0.05) is 24.3 Å². The van der Waals surface area contributed by atoms with Crippen LogP contribution in [0.25, 0.3) is 0 Å². The monoisotopic (exact) mass is 254 g/mol. The molecule has 18 heavy (non-hydrogen) atoms. The molecule has 0 aromatic heterocycles. The second-order valence-electron chi connectivity index (χ2n) is 3.92. The Morgan fingerprint density at radius 1 is 1.50 bits per heavy atom. The van der Waals surface area contributed by atoms with E-state index < -0.39 is 18.1 Å². The molecule has 1 aromatic carbocycles. The fraction of sp³-hybridized carbons (Fsp3) is 0.333. The SMILES string of the molecule is CC(F)(F)c1ccc(C[C@@H](C#N)NC(=O)O)cc1. The van der Waals surface area contributed by atoms with Crippen LogP contribution in [-0.2, 0) is 12.3 Å². The zero-order valence-corrected chi connectivity index (χ0v) is 9.65.